The Morgan fingerprint density at radius 3 is 2.64 bits per heavy atom. The zero-order chi connectivity index (χ0) is 23.6. The number of nitrogens with one attached hydrogen (secondary N) is 1. The molecule has 0 unspecified atom stereocenters. The number of ether oxygens (including phenoxy) is 1. The molecule has 0 radical (unpaired) electrons. The fourth-order valence-electron chi connectivity index (χ4n) is 3.68. The molecule has 12 nitrogen and oxygen atoms in total. The second-order valence-electron chi connectivity index (χ2n) is 7.65. The van der Waals surface area contributed by atoms with Gasteiger partial charge in [0.15, 0.2) is 5.03 Å². The first-order valence-corrected chi connectivity index (χ1v) is 11.9. The molecule has 176 valence electrons. The monoisotopic (exact) mass is 476 g/mol. The van der Waals surface area contributed by atoms with Crippen LogP contribution in [0.15, 0.2) is 38.9 Å². The highest BCUT2D eigenvalue weighted by Crippen LogP contribution is 2.22. The van der Waals surface area contributed by atoms with Crippen LogP contribution < -0.4 is 16.0 Å². The number of morpholine rings is 1. The van der Waals surface area contributed by atoms with Gasteiger partial charge in [0.1, 0.15) is 17.5 Å². The van der Waals surface area contributed by atoms with Crippen LogP contribution in [0.1, 0.15) is 22.5 Å². The average Bonchev–Trinajstić information content (AvgIpc) is 3.12. The van der Waals surface area contributed by atoms with Crippen LogP contribution in [0, 0.1) is 6.92 Å². The summed E-state index contributed by atoms with van der Waals surface area (Å²) in [5, 5.41) is 7.40. The van der Waals surface area contributed by atoms with Crippen LogP contribution in [0.25, 0.3) is 11.1 Å². The van der Waals surface area contributed by atoms with E-state index in [2.05, 4.69) is 20.2 Å². The van der Waals surface area contributed by atoms with Gasteiger partial charge in [-0.2, -0.15) is 0 Å². The van der Waals surface area contributed by atoms with E-state index in [1.165, 1.54) is 23.0 Å². The van der Waals surface area contributed by atoms with Crippen LogP contribution in [-0.2, 0) is 21.3 Å². The number of fused-ring (bicyclic) bond motifs is 1. The largest absolute Gasteiger partial charge is 0.442 e. The Labute approximate surface area is 189 Å². The van der Waals surface area contributed by atoms with Gasteiger partial charge in [0, 0.05) is 26.2 Å². The Morgan fingerprint density at radius 1 is 1.21 bits per heavy atom. The Morgan fingerprint density at radius 2 is 1.97 bits per heavy atom. The van der Waals surface area contributed by atoms with Crippen molar-refractivity contribution in [1.82, 2.24) is 19.4 Å². The van der Waals surface area contributed by atoms with Crippen molar-refractivity contribution in [3.8, 4) is 0 Å². The van der Waals surface area contributed by atoms with Crippen molar-refractivity contribution in [2.24, 2.45) is 5.14 Å². The number of aromatic nitrogens is 3. The van der Waals surface area contributed by atoms with Crippen molar-refractivity contribution < 1.29 is 22.4 Å². The molecule has 1 aliphatic heterocycles. The average molecular weight is 477 g/mol. The molecule has 3 aromatic heterocycles. The van der Waals surface area contributed by atoms with Crippen LogP contribution >= 0.6 is 0 Å². The molecule has 0 aromatic carbocycles. The van der Waals surface area contributed by atoms with E-state index in [-0.39, 0.29) is 38.7 Å². The highest BCUT2D eigenvalue weighted by molar-refractivity contribution is 7.89. The van der Waals surface area contributed by atoms with E-state index < -0.39 is 15.9 Å². The molecule has 4 heterocycles. The first-order chi connectivity index (χ1) is 15.7. The van der Waals surface area contributed by atoms with E-state index in [4.69, 9.17) is 14.3 Å². The summed E-state index contributed by atoms with van der Waals surface area (Å²) >= 11 is 0. The van der Waals surface area contributed by atoms with Gasteiger partial charge in [0.05, 0.1) is 30.7 Å². The minimum absolute atomic E-state index is 0.0700. The van der Waals surface area contributed by atoms with Gasteiger partial charge in [-0.25, -0.2) is 23.5 Å². The number of nitrogens with zero attached hydrogens (tertiary/aromatic N) is 4. The van der Waals surface area contributed by atoms with Gasteiger partial charge >= 0.3 is 0 Å². The van der Waals surface area contributed by atoms with Crippen LogP contribution in [0.2, 0.25) is 0 Å². The third-order valence-electron chi connectivity index (χ3n) is 5.34. The zero-order valence-electron chi connectivity index (χ0n) is 18.0. The van der Waals surface area contributed by atoms with Crippen molar-refractivity contribution in [1.29, 1.82) is 0 Å². The number of sulfonamides is 1. The summed E-state index contributed by atoms with van der Waals surface area (Å²) in [6.45, 7) is 5.99. The summed E-state index contributed by atoms with van der Waals surface area (Å²) in [5.74, 6) is -0.353. The van der Waals surface area contributed by atoms with Crippen LogP contribution in [0.3, 0.4) is 0 Å². The number of pyridine rings is 1. The summed E-state index contributed by atoms with van der Waals surface area (Å²) in [7, 11) is -3.95. The third-order valence-corrected chi connectivity index (χ3v) is 6.17. The molecule has 3 aromatic rings. The minimum atomic E-state index is -3.95. The lowest BCUT2D eigenvalue weighted by Gasteiger charge is -2.26. The zero-order valence-corrected chi connectivity index (χ0v) is 18.8. The van der Waals surface area contributed by atoms with Crippen molar-refractivity contribution in [2.75, 3.05) is 38.2 Å². The number of carbonyl (C=O) groups excluding carboxylic acids is 1. The molecule has 0 atom stereocenters. The van der Waals surface area contributed by atoms with Gasteiger partial charge in [0.2, 0.25) is 5.71 Å². The molecule has 1 fully saturated rings. The molecule has 13 heteroatoms. The van der Waals surface area contributed by atoms with Gasteiger partial charge in [0.25, 0.3) is 21.5 Å². The maximum Gasteiger partial charge on any atom is 0.265 e. The van der Waals surface area contributed by atoms with Gasteiger partial charge in [-0.3, -0.25) is 19.1 Å². The van der Waals surface area contributed by atoms with Crippen LogP contribution in [0.5, 0.6) is 0 Å². The lowest BCUT2D eigenvalue weighted by atomic mass is 10.1. The topological polar surface area (TPSA) is 163 Å². The lowest BCUT2D eigenvalue weighted by Crippen LogP contribution is -2.37. The molecule has 0 saturated carbocycles. The number of primary sulfonamides is 1. The molecule has 3 N–H and O–H groups in total. The number of carbonyl (C=O) groups is 1. The molecule has 1 amide bonds. The quantitative estimate of drug-likeness (QED) is 0.489. The van der Waals surface area contributed by atoms with Gasteiger partial charge in [-0.1, -0.05) is 0 Å². The first-order valence-electron chi connectivity index (χ1n) is 10.3. The standard InChI is InChI=1S/C20H24N6O6S/c1-13-16(18(27)24-14-3-4-15(22-11-14)33(21,29)30)17-19(32-13)23-12-26(20(17)28)6-2-5-25-7-9-31-10-8-25/h3-4,11-12H,2,5-10H2,1H3,(H,24,27)(H2,21,29,30). The summed E-state index contributed by atoms with van der Waals surface area (Å²) in [6.07, 6.45) is 3.33. The first kappa shape index (κ1) is 23.0. The summed E-state index contributed by atoms with van der Waals surface area (Å²) in [5.41, 5.74) is 0.0119. The van der Waals surface area contributed by atoms with Gasteiger partial charge < -0.3 is 14.5 Å². The number of hydrogen-bond donors (Lipinski definition) is 2. The molecule has 33 heavy (non-hydrogen) atoms. The van der Waals surface area contributed by atoms with E-state index in [0.717, 1.165) is 32.3 Å². The van der Waals surface area contributed by atoms with Crippen molar-refractivity contribution in [3.63, 3.8) is 0 Å². The maximum atomic E-state index is 13.1. The Balaban J connectivity index is 1.54. The summed E-state index contributed by atoms with van der Waals surface area (Å²) in [6, 6.07) is 2.53. The Kier molecular flexibility index (Phi) is 6.56. The lowest BCUT2D eigenvalue weighted by molar-refractivity contribution is 0.0369. The fraction of sp³-hybridized carbons (Fsp3) is 0.400. The molecule has 0 bridgehead atoms. The second kappa shape index (κ2) is 9.39. The third kappa shape index (κ3) is 5.11. The summed E-state index contributed by atoms with van der Waals surface area (Å²) < 4.78 is 35.0. The molecular formula is C20H24N6O6S. The Hall–Kier alpha value is -3.13. The molecule has 1 aliphatic rings. The smallest absolute Gasteiger partial charge is 0.265 e. The van der Waals surface area contributed by atoms with E-state index in [0.29, 0.717) is 19.8 Å². The number of furan rings is 1. The van der Waals surface area contributed by atoms with E-state index >= 15 is 0 Å². The highest BCUT2D eigenvalue weighted by Gasteiger charge is 2.23. The van der Waals surface area contributed by atoms with Crippen LogP contribution in [-0.4, -0.2) is 66.6 Å². The predicted molar refractivity (Wildman–Crippen MR) is 118 cm³/mol. The highest BCUT2D eigenvalue weighted by atomic mass is 32.2. The molecular weight excluding hydrogens is 452 g/mol. The number of anilines is 1. The van der Waals surface area contributed by atoms with Crippen molar-refractivity contribution in [2.45, 2.75) is 24.9 Å². The number of rotatable bonds is 7. The van der Waals surface area contributed by atoms with Gasteiger partial charge in [-0.15, -0.1) is 0 Å². The van der Waals surface area contributed by atoms with E-state index in [1.54, 1.807) is 6.92 Å². The number of amides is 1. The molecule has 1 saturated heterocycles. The van der Waals surface area contributed by atoms with Crippen molar-refractivity contribution in [3.05, 3.63) is 46.3 Å². The minimum Gasteiger partial charge on any atom is -0.442 e. The SMILES string of the molecule is Cc1oc2ncn(CCCN3CCOCC3)c(=O)c2c1C(=O)Nc1ccc(S(N)(=O)=O)nc1. The summed E-state index contributed by atoms with van der Waals surface area (Å²) in [4.78, 5) is 36.3. The second-order valence-corrected chi connectivity index (χ2v) is 9.16. The van der Waals surface area contributed by atoms with E-state index in [1.807, 2.05) is 0 Å². The number of aryl methyl sites for hydroxylation is 2. The molecule has 0 spiro atoms. The van der Waals surface area contributed by atoms with Gasteiger partial charge in [-0.05, 0) is 25.5 Å². The number of hydrogen-bond acceptors (Lipinski definition) is 9. The van der Waals surface area contributed by atoms with E-state index in [9.17, 15) is 18.0 Å². The fourth-order valence-corrected chi connectivity index (χ4v) is 4.13. The molecule has 4 rings (SSSR count). The van der Waals surface area contributed by atoms with Crippen LogP contribution in [0.4, 0.5) is 5.69 Å². The maximum absolute atomic E-state index is 13.1. The predicted octanol–water partition coefficient (Wildman–Crippen LogP) is 0.315. The Bertz CT molecular complexity index is 1330. The van der Waals surface area contributed by atoms with Crippen molar-refractivity contribution >= 4 is 32.7 Å². The molecule has 0 aliphatic carbocycles. The number of nitrogens with two attached hydrogens (primary N) is 1. The normalized spacial score (nSPS) is 15.1.